The Morgan fingerprint density at radius 2 is 1.21 bits per heavy atom. The van der Waals surface area contributed by atoms with Crippen molar-refractivity contribution < 1.29 is 14.6 Å². The van der Waals surface area contributed by atoms with E-state index in [2.05, 4.69) is 36.4 Å². The molecule has 0 spiro atoms. The molecule has 24 heavy (non-hydrogen) atoms. The van der Waals surface area contributed by atoms with E-state index in [0.29, 0.717) is 13.2 Å². The molecule has 3 rings (SSSR count). The highest BCUT2D eigenvalue weighted by Gasteiger charge is 2.00. The zero-order valence-corrected chi connectivity index (χ0v) is 13.4. The van der Waals surface area contributed by atoms with Crippen LogP contribution in [0.4, 0.5) is 0 Å². The lowest BCUT2D eigenvalue weighted by atomic mass is 10.0. The highest BCUT2D eigenvalue weighted by atomic mass is 16.5. The molecule has 0 fully saturated rings. The maximum atomic E-state index is 8.73. The van der Waals surface area contributed by atoms with E-state index in [0.717, 1.165) is 17.1 Å². The van der Waals surface area contributed by atoms with Gasteiger partial charge in [-0.2, -0.15) is 0 Å². The summed E-state index contributed by atoms with van der Waals surface area (Å²) in [5, 5.41) is 8.73. The van der Waals surface area contributed by atoms with Gasteiger partial charge in [-0.1, -0.05) is 54.6 Å². The van der Waals surface area contributed by atoms with Crippen LogP contribution in [0.3, 0.4) is 0 Å². The number of benzene rings is 3. The molecule has 0 saturated carbocycles. The first-order valence-electron chi connectivity index (χ1n) is 7.96. The van der Waals surface area contributed by atoms with E-state index in [9.17, 15) is 0 Å². The summed E-state index contributed by atoms with van der Waals surface area (Å²) in [4.78, 5) is 0. The van der Waals surface area contributed by atoms with Gasteiger partial charge in [-0.05, 0) is 41.0 Å². The molecule has 122 valence electrons. The van der Waals surface area contributed by atoms with Crippen LogP contribution in [-0.2, 0) is 6.61 Å². The molecule has 1 N–H and O–H groups in total. The molecule has 0 unspecified atom stereocenters. The summed E-state index contributed by atoms with van der Waals surface area (Å²) in [6.45, 7) is 0.830. The Hall–Kier alpha value is -2.78. The van der Waals surface area contributed by atoms with Crippen molar-refractivity contribution in [1.82, 2.24) is 0 Å². The van der Waals surface area contributed by atoms with Crippen LogP contribution in [0.2, 0.25) is 0 Å². The number of rotatable bonds is 7. The summed E-state index contributed by atoms with van der Waals surface area (Å²) in [6.07, 6.45) is 0. The van der Waals surface area contributed by atoms with Crippen LogP contribution in [0.1, 0.15) is 5.56 Å². The van der Waals surface area contributed by atoms with E-state index in [4.69, 9.17) is 14.6 Å². The Kier molecular flexibility index (Phi) is 5.48. The maximum Gasteiger partial charge on any atom is 0.120 e. The molecule has 0 aromatic heterocycles. The minimum atomic E-state index is 0.0111. The highest BCUT2D eigenvalue weighted by molar-refractivity contribution is 5.63. The molecule has 0 saturated heterocycles. The second kappa shape index (κ2) is 8.18. The van der Waals surface area contributed by atoms with Crippen molar-refractivity contribution >= 4 is 0 Å². The minimum Gasteiger partial charge on any atom is -0.491 e. The van der Waals surface area contributed by atoms with Gasteiger partial charge in [0.2, 0.25) is 0 Å². The second-order valence-electron chi connectivity index (χ2n) is 5.40. The number of aliphatic hydroxyl groups is 1. The number of aliphatic hydroxyl groups excluding tert-OH is 1. The van der Waals surface area contributed by atoms with Crippen molar-refractivity contribution in [3.05, 3.63) is 84.4 Å². The van der Waals surface area contributed by atoms with Gasteiger partial charge in [0, 0.05) is 0 Å². The molecule has 3 heteroatoms. The molecule has 3 aromatic carbocycles. The average Bonchev–Trinajstić information content (AvgIpc) is 2.67. The molecule has 0 radical (unpaired) electrons. The average molecular weight is 320 g/mol. The lowest BCUT2D eigenvalue weighted by Crippen LogP contribution is -2.01. The third-order valence-corrected chi connectivity index (χ3v) is 3.65. The van der Waals surface area contributed by atoms with Crippen LogP contribution in [0, 0.1) is 0 Å². The largest absolute Gasteiger partial charge is 0.491 e. The molecule has 3 aromatic rings. The third kappa shape index (κ3) is 4.37. The van der Waals surface area contributed by atoms with Gasteiger partial charge in [-0.15, -0.1) is 0 Å². The van der Waals surface area contributed by atoms with E-state index < -0.39 is 0 Å². The van der Waals surface area contributed by atoms with E-state index in [-0.39, 0.29) is 6.61 Å². The monoisotopic (exact) mass is 320 g/mol. The van der Waals surface area contributed by atoms with Crippen molar-refractivity contribution in [2.75, 3.05) is 13.2 Å². The molecule has 0 aliphatic rings. The zero-order valence-electron chi connectivity index (χ0n) is 13.4. The molecule has 0 aliphatic heterocycles. The lowest BCUT2D eigenvalue weighted by molar-refractivity contribution is 0.201. The quantitative estimate of drug-likeness (QED) is 0.705. The molecule has 0 amide bonds. The van der Waals surface area contributed by atoms with Gasteiger partial charge < -0.3 is 14.6 Å². The number of hydrogen-bond acceptors (Lipinski definition) is 3. The van der Waals surface area contributed by atoms with E-state index in [1.165, 1.54) is 11.1 Å². The van der Waals surface area contributed by atoms with Gasteiger partial charge >= 0.3 is 0 Å². The molecular formula is C21H20O3. The van der Waals surface area contributed by atoms with Crippen molar-refractivity contribution in [3.8, 4) is 22.6 Å². The Bertz CT molecular complexity index is 734. The van der Waals surface area contributed by atoms with E-state index in [1.807, 2.05) is 42.5 Å². The zero-order chi connectivity index (χ0) is 16.6. The van der Waals surface area contributed by atoms with Crippen LogP contribution in [-0.4, -0.2) is 18.3 Å². The molecule has 0 heterocycles. The van der Waals surface area contributed by atoms with Crippen molar-refractivity contribution in [3.63, 3.8) is 0 Å². The lowest BCUT2D eigenvalue weighted by Gasteiger charge is -2.09. The normalized spacial score (nSPS) is 10.4. The van der Waals surface area contributed by atoms with Gasteiger partial charge in [-0.3, -0.25) is 0 Å². The Labute approximate surface area is 142 Å². The maximum absolute atomic E-state index is 8.73. The molecule has 0 aliphatic carbocycles. The first kappa shape index (κ1) is 16.1. The Morgan fingerprint density at radius 3 is 1.83 bits per heavy atom. The Morgan fingerprint density at radius 1 is 0.625 bits per heavy atom. The minimum absolute atomic E-state index is 0.0111. The fourth-order valence-corrected chi connectivity index (χ4v) is 2.39. The van der Waals surface area contributed by atoms with Gasteiger partial charge in [0.25, 0.3) is 0 Å². The summed E-state index contributed by atoms with van der Waals surface area (Å²) in [6, 6.07) is 26.1. The fourth-order valence-electron chi connectivity index (χ4n) is 2.39. The summed E-state index contributed by atoms with van der Waals surface area (Å²) in [7, 11) is 0. The van der Waals surface area contributed by atoms with Crippen molar-refractivity contribution in [2.45, 2.75) is 6.61 Å². The Balaban J connectivity index is 1.57. The third-order valence-electron chi connectivity index (χ3n) is 3.65. The summed E-state index contributed by atoms with van der Waals surface area (Å²) < 4.78 is 11.1. The summed E-state index contributed by atoms with van der Waals surface area (Å²) >= 11 is 0. The van der Waals surface area contributed by atoms with Crippen molar-refractivity contribution in [1.29, 1.82) is 0 Å². The number of ether oxygens (including phenoxy) is 2. The predicted octanol–water partition coefficient (Wildman–Crippen LogP) is 4.30. The fraction of sp³-hybridized carbons (Fsp3) is 0.143. The van der Waals surface area contributed by atoms with Gasteiger partial charge in [0.1, 0.15) is 24.7 Å². The van der Waals surface area contributed by atoms with Gasteiger partial charge in [-0.25, -0.2) is 0 Å². The van der Waals surface area contributed by atoms with Crippen molar-refractivity contribution in [2.24, 2.45) is 0 Å². The first-order valence-corrected chi connectivity index (χ1v) is 7.96. The van der Waals surface area contributed by atoms with Gasteiger partial charge in [0.15, 0.2) is 0 Å². The van der Waals surface area contributed by atoms with Crippen LogP contribution >= 0.6 is 0 Å². The summed E-state index contributed by atoms with van der Waals surface area (Å²) in [5.74, 6) is 1.52. The van der Waals surface area contributed by atoms with Crippen LogP contribution in [0.15, 0.2) is 78.9 Å². The molecule has 3 nitrogen and oxygen atoms in total. The summed E-state index contributed by atoms with van der Waals surface area (Å²) in [5.41, 5.74) is 3.53. The van der Waals surface area contributed by atoms with Gasteiger partial charge in [0.05, 0.1) is 6.61 Å². The predicted molar refractivity (Wildman–Crippen MR) is 95.2 cm³/mol. The highest BCUT2D eigenvalue weighted by Crippen LogP contribution is 2.21. The van der Waals surface area contributed by atoms with Crippen LogP contribution in [0.25, 0.3) is 11.1 Å². The second-order valence-corrected chi connectivity index (χ2v) is 5.40. The molecule has 0 bridgehead atoms. The van der Waals surface area contributed by atoms with E-state index in [1.54, 1.807) is 0 Å². The molecular weight excluding hydrogens is 300 g/mol. The number of hydrogen-bond donors (Lipinski definition) is 1. The molecule has 0 atom stereocenters. The standard InChI is InChI=1S/C21H20O3/c22-14-15-23-20-10-12-21(13-11-20)24-16-17-6-8-19(9-7-17)18-4-2-1-3-5-18/h1-13,22H,14-16H2. The first-order chi connectivity index (χ1) is 11.8. The van der Waals surface area contributed by atoms with Crippen LogP contribution < -0.4 is 9.47 Å². The SMILES string of the molecule is OCCOc1ccc(OCc2ccc(-c3ccccc3)cc2)cc1. The van der Waals surface area contributed by atoms with Crippen LogP contribution in [0.5, 0.6) is 11.5 Å². The smallest absolute Gasteiger partial charge is 0.120 e. The van der Waals surface area contributed by atoms with E-state index >= 15 is 0 Å². The topological polar surface area (TPSA) is 38.7 Å².